The Morgan fingerprint density at radius 2 is 2.18 bits per heavy atom. The number of rotatable bonds is 3. The molecule has 0 aromatic carbocycles. The molecule has 5 nitrogen and oxygen atoms in total. The second kappa shape index (κ2) is 4.62. The number of aromatic nitrogens is 3. The van der Waals surface area contributed by atoms with Crippen LogP contribution in [0.5, 0.6) is 0 Å². The van der Waals surface area contributed by atoms with Gasteiger partial charge in [0, 0.05) is 11.1 Å². The van der Waals surface area contributed by atoms with Gasteiger partial charge in [-0.15, -0.1) is 11.3 Å². The van der Waals surface area contributed by atoms with Gasteiger partial charge < -0.3 is 11.1 Å². The fourth-order valence-corrected chi connectivity index (χ4v) is 2.10. The number of nitrogens with two attached hydrogens (primary N) is 1. The lowest BCUT2D eigenvalue weighted by Gasteiger charge is -2.12. The third kappa shape index (κ3) is 2.68. The number of thiazole rings is 1. The lowest BCUT2D eigenvalue weighted by molar-refractivity contribution is 0.614. The Bertz CT molecular complexity index is 527. The fraction of sp³-hybridized carbons (Fsp3) is 0.300. The lowest BCUT2D eigenvalue weighted by Crippen LogP contribution is -2.10. The summed E-state index contributed by atoms with van der Waals surface area (Å²) in [4.78, 5) is 12.7. The van der Waals surface area contributed by atoms with Gasteiger partial charge in [0.1, 0.15) is 5.01 Å². The molecule has 0 saturated heterocycles. The van der Waals surface area contributed by atoms with Gasteiger partial charge in [0.05, 0.1) is 12.2 Å². The van der Waals surface area contributed by atoms with Crippen molar-refractivity contribution < 1.29 is 4.39 Å². The van der Waals surface area contributed by atoms with Gasteiger partial charge in [-0.1, -0.05) is 0 Å². The molecular weight excluding hydrogens is 241 g/mol. The van der Waals surface area contributed by atoms with Crippen molar-refractivity contribution in [3.8, 4) is 0 Å². The molecule has 0 saturated carbocycles. The van der Waals surface area contributed by atoms with Gasteiger partial charge in [0.15, 0.2) is 11.6 Å². The molecule has 2 rings (SSSR count). The minimum Gasteiger partial charge on any atom is -0.368 e. The van der Waals surface area contributed by atoms with Crippen molar-refractivity contribution in [2.45, 2.75) is 19.9 Å². The van der Waals surface area contributed by atoms with E-state index in [1.807, 2.05) is 13.8 Å². The predicted octanol–water partition coefficient (Wildman–Crippen LogP) is 2.14. The second-order valence-corrected chi connectivity index (χ2v) is 4.87. The van der Waals surface area contributed by atoms with Crippen LogP contribution in [-0.2, 0) is 0 Å². The molecular formula is C10H12FN5S. The first-order valence-corrected chi connectivity index (χ1v) is 5.85. The lowest BCUT2D eigenvalue weighted by atomic mass is 10.3. The summed E-state index contributed by atoms with van der Waals surface area (Å²) in [7, 11) is 0. The minimum atomic E-state index is -0.528. The smallest absolute Gasteiger partial charge is 0.222 e. The minimum absolute atomic E-state index is 0.0384. The van der Waals surface area contributed by atoms with Gasteiger partial charge in [-0.05, 0) is 13.8 Å². The zero-order valence-corrected chi connectivity index (χ0v) is 10.3. The van der Waals surface area contributed by atoms with Crippen molar-refractivity contribution in [1.82, 2.24) is 15.0 Å². The van der Waals surface area contributed by atoms with Crippen LogP contribution >= 0.6 is 11.3 Å². The normalized spacial score (nSPS) is 12.4. The van der Waals surface area contributed by atoms with Crippen molar-refractivity contribution in [2.75, 3.05) is 11.1 Å². The molecule has 1 unspecified atom stereocenters. The maximum atomic E-state index is 13.4. The number of hydrogen-bond acceptors (Lipinski definition) is 6. The Hall–Kier alpha value is -1.76. The molecule has 0 spiro atoms. The number of aryl methyl sites for hydroxylation is 1. The van der Waals surface area contributed by atoms with Gasteiger partial charge >= 0.3 is 0 Å². The summed E-state index contributed by atoms with van der Waals surface area (Å²) in [5.74, 6) is -0.395. The molecule has 2 heterocycles. The van der Waals surface area contributed by atoms with Crippen molar-refractivity contribution in [2.24, 2.45) is 0 Å². The summed E-state index contributed by atoms with van der Waals surface area (Å²) in [5.41, 5.74) is 5.40. The van der Waals surface area contributed by atoms with E-state index in [0.717, 1.165) is 16.1 Å². The van der Waals surface area contributed by atoms with Crippen LogP contribution < -0.4 is 11.1 Å². The first-order chi connectivity index (χ1) is 8.06. The Morgan fingerprint density at radius 3 is 2.82 bits per heavy atom. The predicted molar refractivity (Wildman–Crippen MR) is 65.3 cm³/mol. The maximum Gasteiger partial charge on any atom is 0.222 e. The molecule has 3 N–H and O–H groups in total. The zero-order valence-electron chi connectivity index (χ0n) is 9.44. The highest BCUT2D eigenvalue weighted by atomic mass is 32.1. The molecule has 2 aromatic rings. The molecule has 0 amide bonds. The van der Waals surface area contributed by atoms with E-state index in [2.05, 4.69) is 20.3 Å². The van der Waals surface area contributed by atoms with Crippen LogP contribution in [0.2, 0.25) is 0 Å². The third-order valence-corrected chi connectivity index (χ3v) is 3.22. The van der Waals surface area contributed by atoms with Crippen LogP contribution in [0.4, 0.5) is 16.2 Å². The highest BCUT2D eigenvalue weighted by Gasteiger charge is 2.13. The van der Waals surface area contributed by atoms with E-state index in [4.69, 9.17) is 5.73 Å². The van der Waals surface area contributed by atoms with Crippen LogP contribution in [0.1, 0.15) is 22.9 Å². The van der Waals surface area contributed by atoms with Crippen LogP contribution in [0.25, 0.3) is 0 Å². The molecule has 7 heteroatoms. The van der Waals surface area contributed by atoms with Gasteiger partial charge in [-0.25, -0.2) is 14.4 Å². The quantitative estimate of drug-likeness (QED) is 0.876. The average molecular weight is 253 g/mol. The molecule has 0 bridgehead atoms. The molecule has 90 valence electrons. The molecule has 0 aliphatic heterocycles. The number of nitrogens with one attached hydrogen (secondary N) is 1. The molecule has 2 aromatic heterocycles. The summed E-state index contributed by atoms with van der Waals surface area (Å²) >= 11 is 1.55. The number of nitrogen functional groups attached to an aromatic ring is 1. The number of nitrogens with zero attached hydrogens (tertiary/aromatic N) is 3. The first kappa shape index (κ1) is 11.7. The zero-order chi connectivity index (χ0) is 12.4. The topological polar surface area (TPSA) is 76.7 Å². The number of hydrogen-bond donors (Lipinski definition) is 2. The summed E-state index contributed by atoms with van der Waals surface area (Å²) < 4.78 is 13.4. The molecule has 0 aliphatic carbocycles. The van der Waals surface area contributed by atoms with Crippen molar-refractivity contribution >= 4 is 23.1 Å². The summed E-state index contributed by atoms with van der Waals surface area (Å²) in [5, 5.41) is 3.80. The van der Waals surface area contributed by atoms with Crippen LogP contribution in [-0.4, -0.2) is 15.0 Å². The molecule has 0 fully saturated rings. The maximum absolute atomic E-state index is 13.4. The van der Waals surface area contributed by atoms with Crippen molar-refractivity contribution in [1.29, 1.82) is 0 Å². The van der Waals surface area contributed by atoms with Crippen molar-refractivity contribution in [3.63, 3.8) is 0 Å². The van der Waals surface area contributed by atoms with E-state index in [1.54, 1.807) is 17.5 Å². The third-order valence-electron chi connectivity index (χ3n) is 2.13. The van der Waals surface area contributed by atoms with Crippen LogP contribution in [0.15, 0.2) is 12.4 Å². The SMILES string of the molecule is Cc1cnc(C(C)Nc2nc(N)ncc2F)s1. The summed E-state index contributed by atoms with van der Waals surface area (Å²) in [6.07, 6.45) is 2.83. The highest BCUT2D eigenvalue weighted by Crippen LogP contribution is 2.23. The second-order valence-electron chi connectivity index (χ2n) is 3.60. The first-order valence-electron chi connectivity index (χ1n) is 5.03. The summed E-state index contributed by atoms with van der Waals surface area (Å²) in [6, 6.07) is -0.127. The van der Waals surface area contributed by atoms with Crippen LogP contribution in [0, 0.1) is 12.7 Å². The van der Waals surface area contributed by atoms with Gasteiger partial charge in [-0.3, -0.25) is 0 Å². The van der Waals surface area contributed by atoms with E-state index in [0.29, 0.717) is 0 Å². The van der Waals surface area contributed by atoms with Crippen LogP contribution in [0.3, 0.4) is 0 Å². The van der Waals surface area contributed by atoms with E-state index in [9.17, 15) is 4.39 Å². The highest BCUT2D eigenvalue weighted by molar-refractivity contribution is 7.11. The van der Waals surface area contributed by atoms with E-state index in [-0.39, 0.29) is 17.8 Å². The number of halogens is 1. The van der Waals surface area contributed by atoms with Gasteiger partial charge in [0.2, 0.25) is 5.95 Å². The molecule has 1 atom stereocenters. The Kier molecular flexibility index (Phi) is 3.19. The van der Waals surface area contributed by atoms with Gasteiger partial charge in [-0.2, -0.15) is 4.98 Å². The number of anilines is 2. The Labute approximate surface area is 102 Å². The molecule has 0 radical (unpaired) electrons. The monoisotopic (exact) mass is 253 g/mol. The van der Waals surface area contributed by atoms with E-state index >= 15 is 0 Å². The van der Waals surface area contributed by atoms with E-state index in [1.165, 1.54) is 0 Å². The van der Waals surface area contributed by atoms with E-state index < -0.39 is 5.82 Å². The fourth-order valence-electron chi connectivity index (χ4n) is 1.32. The Balaban J connectivity index is 2.18. The Morgan fingerprint density at radius 1 is 1.41 bits per heavy atom. The van der Waals surface area contributed by atoms with Gasteiger partial charge in [0.25, 0.3) is 0 Å². The molecule has 17 heavy (non-hydrogen) atoms. The standard InChI is InChI=1S/C10H12FN5S/c1-5-3-13-9(17-5)6(2)15-8-7(11)4-14-10(12)16-8/h3-4,6H,1-2H3,(H3,12,14,15,16). The molecule has 0 aliphatic rings. The van der Waals surface area contributed by atoms with Crippen molar-refractivity contribution in [3.05, 3.63) is 28.1 Å². The average Bonchev–Trinajstić information content (AvgIpc) is 2.70. The summed E-state index contributed by atoms with van der Waals surface area (Å²) in [6.45, 7) is 3.85. The largest absolute Gasteiger partial charge is 0.368 e.